The molecule has 0 aliphatic rings. The molecule has 1 aromatic carbocycles. The minimum Gasteiger partial charge on any atom is -0.392 e. The summed E-state index contributed by atoms with van der Waals surface area (Å²) in [6.07, 6.45) is 1.57. The number of nitrogens with zero attached hydrogens (tertiary/aromatic N) is 1. The molecule has 2 rings (SSSR count). The van der Waals surface area contributed by atoms with Gasteiger partial charge in [-0.25, -0.2) is 17.5 Å². The quantitative estimate of drug-likeness (QED) is 0.877. The Hall–Kier alpha value is -1.35. The number of aromatic nitrogens is 1. The van der Waals surface area contributed by atoms with Crippen LogP contribution in [-0.4, -0.2) is 18.5 Å². The van der Waals surface area contributed by atoms with E-state index in [0.717, 1.165) is 10.9 Å². The number of halogens is 1. The summed E-state index contributed by atoms with van der Waals surface area (Å²) in [5.74, 6) is -0.589. The Balaban J connectivity index is 2.27. The first-order chi connectivity index (χ1) is 9.44. The van der Waals surface area contributed by atoms with Crippen molar-refractivity contribution in [3.8, 4) is 0 Å². The van der Waals surface area contributed by atoms with E-state index in [4.69, 9.17) is 5.11 Å². The SMILES string of the molecule is Cc1cc(S(=O)(=O)NCc2cncs2)cc(CO)c1F. The highest BCUT2D eigenvalue weighted by atomic mass is 32.2. The van der Waals surface area contributed by atoms with E-state index in [1.165, 1.54) is 24.3 Å². The molecule has 0 fully saturated rings. The van der Waals surface area contributed by atoms with Crippen molar-refractivity contribution in [3.05, 3.63) is 45.7 Å². The molecular weight excluding hydrogens is 303 g/mol. The van der Waals surface area contributed by atoms with Crippen LogP contribution in [0.2, 0.25) is 0 Å². The van der Waals surface area contributed by atoms with Gasteiger partial charge in [-0.05, 0) is 24.6 Å². The van der Waals surface area contributed by atoms with Crippen molar-refractivity contribution in [2.75, 3.05) is 0 Å². The zero-order chi connectivity index (χ0) is 14.8. The largest absolute Gasteiger partial charge is 0.392 e. The molecule has 0 bridgehead atoms. The van der Waals surface area contributed by atoms with Crippen LogP contribution in [0, 0.1) is 12.7 Å². The highest BCUT2D eigenvalue weighted by Crippen LogP contribution is 2.19. The summed E-state index contributed by atoms with van der Waals surface area (Å²) in [6, 6.07) is 2.38. The molecule has 108 valence electrons. The molecule has 2 N–H and O–H groups in total. The van der Waals surface area contributed by atoms with Gasteiger partial charge in [-0.2, -0.15) is 0 Å². The van der Waals surface area contributed by atoms with Crippen molar-refractivity contribution >= 4 is 21.4 Å². The standard InChI is InChI=1S/C12H13FN2O3S2/c1-8-2-11(3-9(6-16)12(8)13)20(17,18)15-5-10-4-14-7-19-10/h2-4,7,15-16H,5-6H2,1H3. The van der Waals surface area contributed by atoms with Crippen molar-refractivity contribution in [1.29, 1.82) is 0 Å². The van der Waals surface area contributed by atoms with E-state index in [1.54, 1.807) is 11.7 Å². The Kier molecular flexibility index (Phi) is 4.48. The number of aryl methyl sites for hydroxylation is 1. The minimum absolute atomic E-state index is 0.0387. The van der Waals surface area contributed by atoms with Crippen molar-refractivity contribution in [1.82, 2.24) is 9.71 Å². The summed E-state index contributed by atoms with van der Waals surface area (Å²) in [7, 11) is -3.76. The maximum Gasteiger partial charge on any atom is 0.240 e. The third-order valence-electron chi connectivity index (χ3n) is 2.70. The van der Waals surface area contributed by atoms with Crippen LogP contribution >= 0.6 is 11.3 Å². The lowest BCUT2D eigenvalue weighted by molar-refractivity contribution is 0.275. The van der Waals surface area contributed by atoms with Crippen LogP contribution in [0.3, 0.4) is 0 Å². The fourth-order valence-electron chi connectivity index (χ4n) is 1.66. The Morgan fingerprint density at radius 1 is 1.45 bits per heavy atom. The zero-order valence-electron chi connectivity index (χ0n) is 10.6. The van der Waals surface area contributed by atoms with Gasteiger partial charge in [0.2, 0.25) is 10.0 Å². The lowest BCUT2D eigenvalue weighted by atomic mass is 10.1. The van der Waals surface area contributed by atoms with Crippen LogP contribution in [0.5, 0.6) is 0 Å². The monoisotopic (exact) mass is 316 g/mol. The van der Waals surface area contributed by atoms with Gasteiger partial charge in [0.25, 0.3) is 0 Å². The molecule has 1 aromatic heterocycles. The molecule has 8 heteroatoms. The average molecular weight is 316 g/mol. The van der Waals surface area contributed by atoms with E-state index < -0.39 is 22.4 Å². The summed E-state index contributed by atoms with van der Waals surface area (Å²) in [5, 5.41) is 9.05. The van der Waals surface area contributed by atoms with E-state index in [9.17, 15) is 12.8 Å². The predicted octanol–water partition coefficient (Wildman–Crippen LogP) is 1.56. The Bertz CT molecular complexity index is 700. The van der Waals surface area contributed by atoms with E-state index in [2.05, 4.69) is 9.71 Å². The molecule has 0 aliphatic heterocycles. The normalized spacial score (nSPS) is 11.8. The maximum atomic E-state index is 13.6. The van der Waals surface area contributed by atoms with Gasteiger partial charge in [0.05, 0.1) is 17.0 Å². The smallest absolute Gasteiger partial charge is 0.240 e. The van der Waals surface area contributed by atoms with Gasteiger partial charge in [0.15, 0.2) is 0 Å². The van der Waals surface area contributed by atoms with Gasteiger partial charge in [-0.3, -0.25) is 4.98 Å². The highest BCUT2D eigenvalue weighted by molar-refractivity contribution is 7.89. The molecule has 2 aromatic rings. The Morgan fingerprint density at radius 2 is 2.20 bits per heavy atom. The van der Waals surface area contributed by atoms with E-state index in [0.29, 0.717) is 0 Å². The molecule has 0 saturated carbocycles. The zero-order valence-corrected chi connectivity index (χ0v) is 12.3. The number of hydrogen-bond acceptors (Lipinski definition) is 5. The molecule has 0 unspecified atom stereocenters. The van der Waals surface area contributed by atoms with Gasteiger partial charge in [-0.15, -0.1) is 11.3 Å². The number of aliphatic hydroxyl groups is 1. The van der Waals surface area contributed by atoms with Crippen LogP contribution < -0.4 is 4.72 Å². The van der Waals surface area contributed by atoms with E-state index in [1.807, 2.05) is 0 Å². The Morgan fingerprint density at radius 3 is 2.80 bits per heavy atom. The lowest BCUT2D eigenvalue weighted by Gasteiger charge is -2.09. The third-order valence-corrected chi connectivity index (χ3v) is 4.86. The Labute approximate surface area is 120 Å². The van der Waals surface area contributed by atoms with Crippen LogP contribution in [0.4, 0.5) is 4.39 Å². The molecule has 1 heterocycles. The van der Waals surface area contributed by atoms with Gasteiger partial charge in [-0.1, -0.05) is 0 Å². The molecule has 0 amide bonds. The van der Waals surface area contributed by atoms with Gasteiger partial charge in [0.1, 0.15) is 5.82 Å². The number of sulfonamides is 1. The molecule has 0 saturated heterocycles. The van der Waals surface area contributed by atoms with Gasteiger partial charge >= 0.3 is 0 Å². The fraction of sp³-hybridized carbons (Fsp3) is 0.250. The fourth-order valence-corrected chi connectivity index (χ4v) is 3.42. The number of hydrogen-bond donors (Lipinski definition) is 2. The van der Waals surface area contributed by atoms with E-state index >= 15 is 0 Å². The van der Waals surface area contributed by atoms with Crippen molar-refractivity contribution < 1.29 is 17.9 Å². The third kappa shape index (κ3) is 3.21. The predicted molar refractivity (Wildman–Crippen MR) is 73.2 cm³/mol. The second-order valence-corrected chi connectivity index (χ2v) is 6.90. The number of rotatable bonds is 5. The summed E-state index contributed by atoms with van der Waals surface area (Å²) in [4.78, 5) is 4.56. The molecule has 0 radical (unpaired) electrons. The van der Waals surface area contributed by atoms with Crippen LogP contribution in [0.1, 0.15) is 16.0 Å². The number of aliphatic hydroxyl groups excluding tert-OH is 1. The first-order valence-electron chi connectivity index (χ1n) is 5.71. The molecule has 0 spiro atoms. The van der Waals surface area contributed by atoms with Gasteiger partial charge in [0, 0.05) is 23.2 Å². The maximum absolute atomic E-state index is 13.6. The number of nitrogens with one attached hydrogen (secondary N) is 1. The van der Waals surface area contributed by atoms with Crippen molar-refractivity contribution in [3.63, 3.8) is 0 Å². The van der Waals surface area contributed by atoms with Gasteiger partial charge < -0.3 is 5.11 Å². The van der Waals surface area contributed by atoms with Crippen molar-refractivity contribution in [2.24, 2.45) is 0 Å². The first-order valence-corrected chi connectivity index (χ1v) is 8.07. The molecule has 5 nitrogen and oxygen atoms in total. The second kappa shape index (κ2) is 5.96. The molecule has 0 atom stereocenters. The lowest BCUT2D eigenvalue weighted by Crippen LogP contribution is -2.23. The average Bonchev–Trinajstić information content (AvgIpc) is 2.92. The topological polar surface area (TPSA) is 79.3 Å². The molecule has 20 heavy (non-hydrogen) atoms. The number of thiazole rings is 1. The van der Waals surface area contributed by atoms with E-state index in [-0.39, 0.29) is 22.6 Å². The second-order valence-electron chi connectivity index (χ2n) is 4.16. The number of benzene rings is 1. The highest BCUT2D eigenvalue weighted by Gasteiger charge is 2.18. The molecular formula is C12H13FN2O3S2. The van der Waals surface area contributed by atoms with Crippen LogP contribution in [0.15, 0.2) is 28.7 Å². The van der Waals surface area contributed by atoms with Crippen LogP contribution in [0.25, 0.3) is 0 Å². The summed E-state index contributed by atoms with van der Waals surface area (Å²) in [5.41, 5.74) is 1.74. The summed E-state index contributed by atoms with van der Waals surface area (Å²) >= 11 is 1.33. The first kappa shape index (κ1) is 15.0. The minimum atomic E-state index is -3.76. The summed E-state index contributed by atoms with van der Waals surface area (Å²) < 4.78 is 40.3. The molecule has 0 aliphatic carbocycles. The van der Waals surface area contributed by atoms with Crippen molar-refractivity contribution in [2.45, 2.75) is 25.0 Å². The van der Waals surface area contributed by atoms with Crippen LogP contribution in [-0.2, 0) is 23.2 Å². The summed E-state index contributed by atoms with van der Waals surface area (Å²) in [6.45, 7) is 1.03.